The number of nitrogens with one attached hydrogen (secondary N) is 1. The van der Waals surface area contributed by atoms with Crippen molar-refractivity contribution in [3.8, 4) is 0 Å². The Hall–Kier alpha value is -0.710. The van der Waals surface area contributed by atoms with Gasteiger partial charge in [-0.15, -0.1) is 0 Å². The number of hydrogen-bond acceptors (Lipinski definition) is 2. The van der Waals surface area contributed by atoms with Gasteiger partial charge in [0.15, 0.2) is 15.6 Å². The molecule has 0 aliphatic rings. The van der Waals surface area contributed by atoms with Gasteiger partial charge in [-0.3, -0.25) is 5.10 Å². The molecule has 0 amide bonds. The minimum Gasteiger partial charge on any atom is -0.594 e. The summed E-state index contributed by atoms with van der Waals surface area (Å²) in [6, 6.07) is 5.27. The molecule has 0 spiro atoms. The fourth-order valence-corrected chi connectivity index (χ4v) is 1.70. The molecule has 5 heteroatoms. The number of aromatic amines is 1. The topological polar surface area (TPSA) is 51.7 Å². The van der Waals surface area contributed by atoms with Crippen molar-refractivity contribution in [3.05, 3.63) is 24.4 Å². The summed E-state index contributed by atoms with van der Waals surface area (Å²) in [5, 5.41) is 7.55. The Kier molecular flexibility index (Phi) is 1.96. The predicted octanol–water partition coefficient (Wildman–Crippen LogP) is 1.82. The zero-order valence-electron chi connectivity index (χ0n) is 5.95. The van der Waals surface area contributed by atoms with E-state index in [9.17, 15) is 4.55 Å². The predicted molar refractivity (Wildman–Crippen MR) is 48.4 cm³/mol. The average molecular weight is 201 g/mol. The van der Waals surface area contributed by atoms with Gasteiger partial charge in [-0.2, -0.15) is 5.10 Å². The molecule has 3 nitrogen and oxygen atoms in total. The minimum atomic E-state index is -1.44. The van der Waals surface area contributed by atoms with Crippen LogP contribution in [0.2, 0.25) is 0 Å². The normalized spacial score (nSPS) is 13.5. The van der Waals surface area contributed by atoms with Crippen LogP contribution in [-0.4, -0.2) is 14.8 Å². The highest BCUT2D eigenvalue weighted by molar-refractivity contribution is 8.13. The average Bonchev–Trinajstić information content (AvgIpc) is 2.49. The van der Waals surface area contributed by atoms with Crippen molar-refractivity contribution in [1.29, 1.82) is 0 Å². The SMILES string of the molecule is [O-][S+](Cl)c1ccc2[nH]ncc2c1. The zero-order valence-corrected chi connectivity index (χ0v) is 7.52. The van der Waals surface area contributed by atoms with Crippen LogP contribution in [0.4, 0.5) is 0 Å². The van der Waals surface area contributed by atoms with E-state index in [0.717, 1.165) is 10.9 Å². The van der Waals surface area contributed by atoms with Gasteiger partial charge >= 0.3 is 0 Å². The van der Waals surface area contributed by atoms with Crippen molar-refractivity contribution < 1.29 is 4.55 Å². The molecule has 1 N–H and O–H groups in total. The van der Waals surface area contributed by atoms with Crippen molar-refractivity contribution >= 4 is 32.0 Å². The Labute approximate surface area is 76.4 Å². The third-order valence-corrected chi connectivity index (χ3v) is 2.76. The van der Waals surface area contributed by atoms with Crippen LogP contribution in [0.1, 0.15) is 0 Å². The van der Waals surface area contributed by atoms with Crippen molar-refractivity contribution in [3.63, 3.8) is 0 Å². The number of fused-ring (bicyclic) bond motifs is 1. The molecule has 0 bridgehead atoms. The molecule has 62 valence electrons. The van der Waals surface area contributed by atoms with Gasteiger partial charge in [-0.1, -0.05) is 0 Å². The Bertz CT molecular complexity index is 401. The second-order valence-corrected chi connectivity index (χ2v) is 4.10. The van der Waals surface area contributed by atoms with Gasteiger partial charge in [0.1, 0.15) is 10.4 Å². The second kappa shape index (κ2) is 2.97. The summed E-state index contributed by atoms with van der Waals surface area (Å²) < 4.78 is 10.9. The lowest BCUT2D eigenvalue weighted by atomic mass is 10.3. The van der Waals surface area contributed by atoms with E-state index in [1.165, 1.54) is 0 Å². The maximum atomic E-state index is 10.9. The first kappa shape index (κ1) is 7.91. The van der Waals surface area contributed by atoms with Gasteiger partial charge in [0.2, 0.25) is 0 Å². The smallest absolute Gasteiger partial charge is 0.181 e. The molecule has 12 heavy (non-hydrogen) atoms. The van der Waals surface area contributed by atoms with Crippen LogP contribution in [0.15, 0.2) is 29.3 Å². The van der Waals surface area contributed by atoms with Gasteiger partial charge in [0, 0.05) is 11.5 Å². The molecule has 1 unspecified atom stereocenters. The van der Waals surface area contributed by atoms with E-state index in [-0.39, 0.29) is 0 Å². The van der Waals surface area contributed by atoms with Crippen LogP contribution in [0.3, 0.4) is 0 Å². The van der Waals surface area contributed by atoms with Crippen LogP contribution in [0.5, 0.6) is 0 Å². The van der Waals surface area contributed by atoms with Gasteiger partial charge in [-0.05, 0) is 12.1 Å². The fraction of sp³-hybridized carbons (Fsp3) is 0. The van der Waals surface area contributed by atoms with Crippen LogP contribution in [0.25, 0.3) is 10.9 Å². The summed E-state index contributed by atoms with van der Waals surface area (Å²) in [7, 11) is 3.97. The number of hydrogen-bond donors (Lipinski definition) is 1. The molecule has 1 heterocycles. The Morgan fingerprint density at radius 1 is 1.50 bits per heavy atom. The Balaban J connectivity index is 2.60. The Morgan fingerprint density at radius 3 is 3.08 bits per heavy atom. The standard InChI is InChI=1S/C7H5ClN2OS/c8-12(11)6-1-2-7-5(3-6)4-9-10-7/h1-4H,(H,9,10). The lowest BCUT2D eigenvalue weighted by Crippen LogP contribution is -1.88. The molecule has 0 saturated heterocycles. The molecular formula is C7H5ClN2OS. The maximum Gasteiger partial charge on any atom is 0.181 e. The van der Waals surface area contributed by atoms with E-state index >= 15 is 0 Å². The van der Waals surface area contributed by atoms with E-state index in [1.54, 1.807) is 24.4 Å². The molecule has 1 aromatic heterocycles. The first-order valence-corrected chi connectivity index (χ1v) is 5.26. The van der Waals surface area contributed by atoms with E-state index in [4.69, 9.17) is 10.7 Å². The number of H-pyrrole nitrogens is 1. The third kappa shape index (κ3) is 1.29. The highest BCUT2D eigenvalue weighted by atomic mass is 35.7. The highest BCUT2D eigenvalue weighted by Crippen LogP contribution is 2.19. The van der Waals surface area contributed by atoms with Crippen molar-refractivity contribution in [1.82, 2.24) is 10.2 Å². The van der Waals surface area contributed by atoms with Crippen molar-refractivity contribution in [2.75, 3.05) is 0 Å². The largest absolute Gasteiger partial charge is 0.594 e. The van der Waals surface area contributed by atoms with Gasteiger partial charge in [-0.25, -0.2) is 0 Å². The molecule has 0 aliphatic carbocycles. The third-order valence-electron chi connectivity index (χ3n) is 1.60. The van der Waals surface area contributed by atoms with Crippen LogP contribution in [0, 0.1) is 0 Å². The highest BCUT2D eigenvalue weighted by Gasteiger charge is 2.08. The number of halogens is 1. The van der Waals surface area contributed by atoms with E-state index in [2.05, 4.69) is 10.2 Å². The summed E-state index contributed by atoms with van der Waals surface area (Å²) in [5.41, 5.74) is 0.917. The summed E-state index contributed by atoms with van der Waals surface area (Å²) >= 11 is 0. The van der Waals surface area contributed by atoms with Gasteiger partial charge in [0.05, 0.1) is 11.7 Å². The number of benzene rings is 1. The lowest BCUT2D eigenvalue weighted by molar-refractivity contribution is 0.608. The molecule has 0 fully saturated rings. The van der Waals surface area contributed by atoms with Crippen molar-refractivity contribution in [2.24, 2.45) is 0 Å². The first-order valence-electron chi connectivity index (χ1n) is 3.28. The van der Waals surface area contributed by atoms with E-state index < -0.39 is 10.4 Å². The quantitative estimate of drug-likeness (QED) is 0.714. The molecular weight excluding hydrogens is 196 g/mol. The molecule has 0 saturated carbocycles. The monoisotopic (exact) mass is 200 g/mol. The summed E-state index contributed by atoms with van der Waals surface area (Å²) in [6.07, 6.45) is 1.67. The van der Waals surface area contributed by atoms with Crippen molar-refractivity contribution in [2.45, 2.75) is 4.90 Å². The molecule has 1 aromatic carbocycles. The number of nitrogens with zero attached hydrogens (tertiary/aromatic N) is 1. The lowest BCUT2D eigenvalue weighted by Gasteiger charge is -1.97. The van der Waals surface area contributed by atoms with Crippen LogP contribution < -0.4 is 0 Å². The number of rotatable bonds is 1. The van der Waals surface area contributed by atoms with E-state index in [0.29, 0.717) is 4.90 Å². The first-order chi connectivity index (χ1) is 5.77. The van der Waals surface area contributed by atoms with Gasteiger partial charge < -0.3 is 4.55 Å². The number of aromatic nitrogens is 2. The van der Waals surface area contributed by atoms with Crippen LogP contribution in [-0.2, 0) is 10.4 Å². The summed E-state index contributed by atoms with van der Waals surface area (Å²) in [6.45, 7) is 0. The molecule has 2 rings (SSSR count). The van der Waals surface area contributed by atoms with E-state index in [1.807, 2.05) is 0 Å². The summed E-state index contributed by atoms with van der Waals surface area (Å²) in [5.74, 6) is 0. The van der Waals surface area contributed by atoms with Crippen LogP contribution >= 0.6 is 10.7 Å². The molecule has 0 radical (unpaired) electrons. The fourth-order valence-electron chi connectivity index (χ4n) is 1.02. The second-order valence-electron chi connectivity index (χ2n) is 2.34. The molecule has 0 aliphatic heterocycles. The molecule has 1 atom stereocenters. The van der Waals surface area contributed by atoms with Gasteiger partial charge in [0.25, 0.3) is 0 Å². The maximum absolute atomic E-state index is 10.9. The minimum absolute atomic E-state index is 0.602. The zero-order chi connectivity index (χ0) is 8.55. The molecule has 2 aromatic rings. The summed E-state index contributed by atoms with van der Waals surface area (Å²) in [4.78, 5) is 0.602. The Morgan fingerprint density at radius 2 is 2.33 bits per heavy atom.